The van der Waals surface area contributed by atoms with E-state index < -0.39 is 0 Å². The van der Waals surface area contributed by atoms with Gasteiger partial charge in [0, 0.05) is 56.8 Å². The largest absolute Gasteiger partial charge is 0.321 e. The summed E-state index contributed by atoms with van der Waals surface area (Å²) in [6.07, 6.45) is 2.32. The second kappa shape index (κ2) is 9.21. The summed E-state index contributed by atoms with van der Waals surface area (Å²) in [5.74, 6) is -0.254. The van der Waals surface area contributed by atoms with Crippen LogP contribution in [-0.2, 0) is 44.0 Å². The van der Waals surface area contributed by atoms with Crippen LogP contribution in [0.2, 0.25) is 0 Å². The third-order valence-corrected chi connectivity index (χ3v) is 5.12. The van der Waals surface area contributed by atoms with Crippen molar-refractivity contribution in [3.05, 3.63) is 65.0 Å². The van der Waals surface area contributed by atoms with Gasteiger partial charge in [-0.05, 0) is 37.1 Å². The molecule has 0 unspecified atom stereocenters. The van der Waals surface area contributed by atoms with E-state index in [-0.39, 0.29) is 44.4 Å². The molecule has 1 aliphatic heterocycles. The van der Waals surface area contributed by atoms with Crippen molar-refractivity contribution >= 4 is 11.6 Å². The zero-order valence-corrected chi connectivity index (χ0v) is 18.4. The molecule has 0 aromatic heterocycles. The molecule has 1 saturated heterocycles. The van der Waals surface area contributed by atoms with E-state index in [2.05, 4.69) is 17.4 Å². The van der Waals surface area contributed by atoms with Crippen LogP contribution in [0.1, 0.15) is 29.5 Å². The van der Waals surface area contributed by atoms with Gasteiger partial charge in [0.05, 0.1) is 13.1 Å². The summed E-state index contributed by atoms with van der Waals surface area (Å²) >= 11 is 0. The molecule has 1 aliphatic rings. The summed E-state index contributed by atoms with van der Waals surface area (Å²) < 4.78 is 14.3. The number of quaternary nitrogens is 1. The Morgan fingerprint density at radius 2 is 1.65 bits per heavy atom. The number of carbonyl (C=O) groups is 1. The first-order valence-corrected chi connectivity index (χ1v) is 8.93. The minimum absolute atomic E-state index is 0. The fraction of sp³-hybridized carbons (Fsp3) is 0.381. The number of hydrogen-bond donors (Lipinski definition) is 1. The standard InChI is InChI=1S/C21H25FN2O.Y/c1-16-12-19(22)13-17(2)21(16)23-20(25)15-24(10-6-7-11-24)14-18-8-4-3-5-9-18;/h3-5,8-9,12-13H,6-7,10-11,14-15H2,1-2H3;/p+1. The summed E-state index contributed by atoms with van der Waals surface area (Å²) in [4.78, 5) is 12.7. The van der Waals surface area contributed by atoms with E-state index in [4.69, 9.17) is 0 Å². The molecule has 0 saturated carbocycles. The normalized spacial score (nSPS) is 15.3. The number of hydrogen-bond acceptors (Lipinski definition) is 1. The van der Waals surface area contributed by atoms with E-state index >= 15 is 0 Å². The van der Waals surface area contributed by atoms with Crippen molar-refractivity contribution in [2.75, 3.05) is 25.0 Å². The first kappa shape index (κ1) is 21.2. The van der Waals surface area contributed by atoms with Crippen molar-refractivity contribution in [1.82, 2.24) is 0 Å². The minimum Gasteiger partial charge on any atom is -0.321 e. The molecule has 0 atom stereocenters. The van der Waals surface area contributed by atoms with Gasteiger partial charge < -0.3 is 9.80 Å². The number of rotatable bonds is 5. The first-order chi connectivity index (χ1) is 12.0. The molecule has 5 heteroatoms. The molecule has 3 nitrogen and oxygen atoms in total. The molecular formula is C21H26FN2OY+. The Labute approximate surface area is 180 Å². The molecule has 1 fully saturated rings. The average Bonchev–Trinajstić information content (AvgIpc) is 2.99. The van der Waals surface area contributed by atoms with Crippen LogP contribution in [0.3, 0.4) is 0 Å². The monoisotopic (exact) mass is 430 g/mol. The topological polar surface area (TPSA) is 29.1 Å². The molecule has 26 heavy (non-hydrogen) atoms. The van der Waals surface area contributed by atoms with Crippen LogP contribution in [0.5, 0.6) is 0 Å². The number of nitrogens with zero attached hydrogens (tertiary/aromatic N) is 1. The Kier molecular flexibility index (Phi) is 7.51. The van der Waals surface area contributed by atoms with Gasteiger partial charge in [-0.2, -0.15) is 0 Å². The number of aryl methyl sites for hydroxylation is 2. The molecule has 0 aliphatic carbocycles. The maximum absolute atomic E-state index is 13.5. The molecule has 135 valence electrons. The number of halogens is 1. The first-order valence-electron chi connectivity index (χ1n) is 8.93. The molecule has 1 amide bonds. The SMILES string of the molecule is Cc1cc(F)cc(C)c1NC(=O)C[N+]1(Cc2ccccc2)CCCC1.[Y]. The molecule has 1 radical (unpaired) electrons. The third-order valence-electron chi connectivity index (χ3n) is 5.12. The van der Waals surface area contributed by atoms with Crippen LogP contribution >= 0.6 is 0 Å². The number of nitrogens with one attached hydrogen (secondary N) is 1. The van der Waals surface area contributed by atoms with Crippen LogP contribution in [-0.4, -0.2) is 30.0 Å². The van der Waals surface area contributed by atoms with Gasteiger partial charge in [0.25, 0.3) is 5.91 Å². The van der Waals surface area contributed by atoms with E-state index in [0.29, 0.717) is 6.54 Å². The number of anilines is 1. The van der Waals surface area contributed by atoms with Crippen LogP contribution in [0, 0.1) is 19.7 Å². The molecule has 1 heterocycles. The molecular weight excluding hydrogens is 404 g/mol. The maximum Gasteiger partial charge on any atom is 0.279 e. The zero-order valence-electron chi connectivity index (χ0n) is 15.6. The Morgan fingerprint density at radius 1 is 1.08 bits per heavy atom. The van der Waals surface area contributed by atoms with E-state index in [1.807, 2.05) is 32.0 Å². The summed E-state index contributed by atoms with van der Waals surface area (Å²) in [6.45, 7) is 7.07. The summed E-state index contributed by atoms with van der Waals surface area (Å²) in [5, 5.41) is 3.02. The predicted octanol–water partition coefficient (Wildman–Crippen LogP) is 4.19. The van der Waals surface area contributed by atoms with E-state index in [1.165, 1.54) is 17.7 Å². The molecule has 3 rings (SSSR count). The Hall–Kier alpha value is -1.10. The van der Waals surface area contributed by atoms with Crippen molar-refractivity contribution in [3.63, 3.8) is 0 Å². The van der Waals surface area contributed by atoms with Crippen molar-refractivity contribution in [2.24, 2.45) is 0 Å². The van der Waals surface area contributed by atoms with Gasteiger partial charge in [0.1, 0.15) is 12.4 Å². The fourth-order valence-electron chi connectivity index (χ4n) is 3.94. The number of benzene rings is 2. The Bertz CT molecular complexity index is 735. The molecule has 0 spiro atoms. The maximum atomic E-state index is 13.5. The molecule has 2 aromatic rings. The number of likely N-dealkylation sites (tertiary alicyclic amines) is 1. The summed E-state index contributed by atoms with van der Waals surface area (Å²) in [6, 6.07) is 13.3. The average molecular weight is 430 g/mol. The number of amides is 1. The van der Waals surface area contributed by atoms with Crippen molar-refractivity contribution in [3.8, 4) is 0 Å². The smallest absolute Gasteiger partial charge is 0.279 e. The predicted molar refractivity (Wildman–Crippen MR) is 98.7 cm³/mol. The van der Waals surface area contributed by atoms with Crippen LogP contribution in [0.15, 0.2) is 42.5 Å². The van der Waals surface area contributed by atoms with Gasteiger partial charge in [-0.3, -0.25) is 4.79 Å². The van der Waals surface area contributed by atoms with Crippen LogP contribution < -0.4 is 5.32 Å². The van der Waals surface area contributed by atoms with Gasteiger partial charge in [0.15, 0.2) is 6.54 Å². The van der Waals surface area contributed by atoms with Crippen LogP contribution in [0.4, 0.5) is 10.1 Å². The molecule has 0 bridgehead atoms. The quantitative estimate of drug-likeness (QED) is 0.709. The van der Waals surface area contributed by atoms with Crippen molar-refractivity contribution < 1.29 is 46.4 Å². The zero-order chi connectivity index (χ0) is 17.9. The molecule has 2 aromatic carbocycles. The van der Waals surface area contributed by atoms with E-state index in [1.54, 1.807) is 0 Å². The Balaban J connectivity index is 0.00000243. The number of carbonyl (C=O) groups excluding carboxylic acids is 1. The summed E-state index contributed by atoms with van der Waals surface area (Å²) in [5.41, 5.74) is 3.54. The second-order valence-electron chi connectivity index (χ2n) is 7.26. The van der Waals surface area contributed by atoms with Crippen LogP contribution in [0.25, 0.3) is 0 Å². The fourth-order valence-corrected chi connectivity index (χ4v) is 3.94. The van der Waals surface area contributed by atoms with Gasteiger partial charge in [-0.25, -0.2) is 4.39 Å². The van der Waals surface area contributed by atoms with Gasteiger partial charge in [0.2, 0.25) is 0 Å². The Morgan fingerprint density at radius 3 is 2.23 bits per heavy atom. The van der Waals surface area contributed by atoms with Gasteiger partial charge in [-0.15, -0.1) is 0 Å². The molecule has 1 N–H and O–H groups in total. The second-order valence-corrected chi connectivity index (χ2v) is 7.26. The van der Waals surface area contributed by atoms with E-state index in [9.17, 15) is 9.18 Å². The van der Waals surface area contributed by atoms with Gasteiger partial charge in [-0.1, -0.05) is 30.3 Å². The van der Waals surface area contributed by atoms with Crippen molar-refractivity contribution in [2.45, 2.75) is 33.2 Å². The van der Waals surface area contributed by atoms with Crippen molar-refractivity contribution in [1.29, 1.82) is 0 Å². The third kappa shape index (κ3) is 5.21. The summed E-state index contributed by atoms with van der Waals surface area (Å²) in [7, 11) is 0. The minimum atomic E-state index is -0.264. The van der Waals surface area contributed by atoms with Gasteiger partial charge >= 0.3 is 0 Å². The van der Waals surface area contributed by atoms with E-state index in [0.717, 1.165) is 53.8 Å².